The molecule has 0 saturated carbocycles. The van der Waals surface area contributed by atoms with E-state index in [9.17, 15) is 4.79 Å². The van der Waals surface area contributed by atoms with Gasteiger partial charge in [0.15, 0.2) is 11.5 Å². The SMILES string of the molecule is COc1ccc(C(Cl)=CC(=O)N2CCOCC2)cc1OC. The van der Waals surface area contributed by atoms with Crippen molar-refractivity contribution in [3.63, 3.8) is 0 Å². The molecule has 0 unspecified atom stereocenters. The molecular weight excluding hydrogens is 294 g/mol. The van der Waals surface area contributed by atoms with E-state index < -0.39 is 0 Å². The second-order valence-electron chi connectivity index (χ2n) is 4.50. The van der Waals surface area contributed by atoms with E-state index in [1.165, 1.54) is 6.08 Å². The maximum absolute atomic E-state index is 12.1. The third-order valence-corrected chi connectivity index (χ3v) is 3.56. The van der Waals surface area contributed by atoms with Gasteiger partial charge in [-0.3, -0.25) is 4.79 Å². The predicted molar refractivity (Wildman–Crippen MR) is 80.8 cm³/mol. The van der Waals surface area contributed by atoms with Crippen molar-refractivity contribution in [2.45, 2.75) is 0 Å². The van der Waals surface area contributed by atoms with Gasteiger partial charge in [-0.2, -0.15) is 0 Å². The minimum Gasteiger partial charge on any atom is -0.493 e. The van der Waals surface area contributed by atoms with E-state index in [1.54, 1.807) is 37.3 Å². The summed E-state index contributed by atoms with van der Waals surface area (Å²) in [4.78, 5) is 13.8. The van der Waals surface area contributed by atoms with Crippen molar-refractivity contribution in [1.29, 1.82) is 0 Å². The molecule has 5 nitrogen and oxygen atoms in total. The molecule has 0 radical (unpaired) electrons. The van der Waals surface area contributed by atoms with Gasteiger partial charge in [-0.15, -0.1) is 0 Å². The molecule has 1 amide bonds. The van der Waals surface area contributed by atoms with Crippen LogP contribution in [0.3, 0.4) is 0 Å². The normalized spacial score (nSPS) is 15.8. The van der Waals surface area contributed by atoms with Crippen LogP contribution < -0.4 is 9.47 Å². The van der Waals surface area contributed by atoms with Crippen LogP contribution in [0.5, 0.6) is 11.5 Å². The van der Waals surface area contributed by atoms with E-state index in [-0.39, 0.29) is 5.91 Å². The number of hydrogen-bond donors (Lipinski definition) is 0. The lowest BCUT2D eigenvalue weighted by Crippen LogP contribution is -2.39. The van der Waals surface area contributed by atoms with Crippen LogP contribution in [0.15, 0.2) is 24.3 Å². The van der Waals surface area contributed by atoms with Crippen LogP contribution in [0, 0.1) is 0 Å². The van der Waals surface area contributed by atoms with Crippen molar-refractivity contribution in [2.75, 3.05) is 40.5 Å². The molecule has 1 saturated heterocycles. The molecule has 1 fully saturated rings. The van der Waals surface area contributed by atoms with Gasteiger partial charge < -0.3 is 19.1 Å². The van der Waals surface area contributed by atoms with Crippen molar-refractivity contribution in [1.82, 2.24) is 4.90 Å². The zero-order valence-corrected chi connectivity index (χ0v) is 12.9. The molecule has 0 aromatic heterocycles. The Morgan fingerprint density at radius 3 is 2.52 bits per heavy atom. The summed E-state index contributed by atoms with van der Waals surface area (Å²) in [6, 6.07) is 5.28. The summed E-state index contributed by atoms with van der Waals surface area (Å²) >= 11 is 6.23. The van der Waals surface area contributed by atoms with E-state index in [2.05, 4.69) is 0 Å². The monoisotopic (exact) mass is 311 g/mol. The number of ether oxygens (including phenoxy) is 3. The van der Waals surface area contributed by atoms with Crippen LogP contribution in [0.4, 0.5) is 0 Å². The first-order valence-electron chi connectivity index (χ1n) is 6.62. The van der Waals surface area contributed by atoms with Crippen LogP contribution in [0.25, 0.3) is 5.03 Å². The maximum Gasteiger partial charge on any atom is 0.248 e. The van der Waals surface area contributed by atoms with E-state index >= 15 is 0 Å². The molecule has 1 aromatic carbocycles. The quantitative estimate of drug-likeness (QED) is 0.799. The lowest BCUT2D eigenvalue weighted by Gasteiger charge is -2.25. The van der Waals surface area contributed by atoms with Gasteiger partial charge in [0.05, 0.1) is 32.5 Å². The highest BCUT2D eigenvalue weighted by molar-refractivity contribution is 6.50. The molecule has 0 aliphatic carbocycles. The van der Waals surface area contributed by atoms with Gasteiger partial charge in [0.2, 0.25) is 5.91 Å². The zero-order chi connectivity index (χ0) is 15.2. The van der Waals surface area contributed by atoms with Gasteiger partial charge in [0.25, 0.3) is 0 Å². The lowest BCUT2D eigenvalue weighted by molar-refractivity contribution is -0.129. The largest absolute Gasteiger partial charge is 0.493 e. The standard InChI is InChI=1S/C15H18ClNO4/c1-19-13-4-3-11(9-14(13)20-2)12(16)10-15(18)17-5-7-21-8-6-17/h3-4,9-10H,5-8H2,1-2H3. The third-order valence-electron chi connectivity index (χ3n) is 3.23. The van der Waals surface area contributed by atoms with E-state index in [1.807, 2.05) is 0 Å². The Morgan fingerprint density at radius 1 is 1.24 bits per heavy atom. The van der Waals surface area contributed by atoms with Gasteiger partial charge in [-0.25, -0.2) is 0 Å². The summed E-state index contributed by atoms with van der Waals surface area (Å²) in [6.07, 6.45) is 1.42. The Labute approximate surface area is 129 Å². The van der Waals surface area contributed by atoms with Crippen LogP contribution in [-0.2, 0) is 9.53 Å². The second-order valence-corrected chi connectivity index (χ2v) is 4.91. The van der Waals surface area contributed by atoms with Gasteiger partial charge in [-0.1, -0.05) is 11.6 Å². The van der Waals surface area contributed by atoms with Crippen LogP contribution >= 0.6 is 11.6 Å². The number of carbonyl (C=O) groups excluding carboxylic acids is 1. The minimum absolute atomic E-state index is 0.113. The number of hydrogen-bond acceptors (Lipinski definition) is 4. The van der Waals surface area contributed by atoms with Gasteiger partial charge in [0, 0.05) is 19.2 Å². The molecule has 21 heavy (non-hydrogen) atoms. The number of amides is 1. The Hall–Kier alpha value is -1.72. The molecule has 0 bridgehead atoms. The fraction of sp³-hybridized carbons (Fsp3) is 0.400. The minimum atomic E-state index is -0.113. The maximum atomic E-state index is 12.1. The lowest BCUT2D eigenvalue weighted by atomic mass is 10.1. The van der Waals surface area contributed by atoms with Crippen molar-refractivity contribution in [3.05, 3.63) is 29.8 Å². The van der Waals surface area contributed by atoms with Crippen molar-refractivity contribution < 1.29 is 19.0 Å². The topological polar surface area (TPSA) is 48.0 Å². The fourth-order valence-electron chi connectivity index (χ4n) is 2.05. The average Bonchev–Trinajstić information content (AvgIpc) is 2.54. The Bertz CT molecular complexity index is 538. The average molecular weight is 312 g/mol. The number of rotatable bonds is 4. The van der Waals surface area contributed by atoms with Crippen LogP contribution in [-0.4, -0.2) is 51.3 Å². The number of benzene rings is 1. The number of methoxy groups -OCH3 is 2. The fourth-order valence-corrected chi connectivity index (χ4v) is 2.26. The summed E-state index contributed by atoms with van der Waals surface area (Å²) in [5.74, 6) is 1.07. The summed E-state index contributed by atoms with van der Waals surface area (Å²) < 4.78 is 15.6. The predicted octanol–water partition coefficient (Wildman–Crippen LogP) is 2.14. The molecule has 1 aliphatic heterocycles. The van der Waals surface area contributed by atoms with E-state index in [0.717, 1.165) is 0 Å². The first-order chi connectivity index (χ1) is 10.2. The van der Waals surface area contributed by atoms with Gasteiger partial charge in [0.1, 0.15) is 0 Å². The second kappa shape index (κ2) is 7.33. The first-order valence-corrected chi connectivity index (χ1v) is 6.99. The van der Waals surface area contributed by atoms with Gasteiger partial charge >= 0.3 is 0 Å². The molecule has 1 aliphatic rings. The van der Waals surface area contributed by atoms with Crippen LogP contribution in [0.2, 0.25) is 0 Å². The third kappa shape index (κ3) is 3.89. The van der Waals surface area contributed by atoms with Crippen LogP contribution in [0.1, 0.15) is 5.56 Å². The van der Waals surface area contributed by atoms with Crippen molar-refractivity contribution >= 4 is 22.5 Å². The van der Waals surface area contributed by atoms with Gasteiger partial charge in [-0.05, 0) is 23.8 Å². The molecule has 6 heteroatoms. The van der Waals surface area contributed by atoms with Crippen molar-refractivity contribution in [2.24, 2.45) is 0 Å². The summed E-state index contributed by atoms with van der Waals surface area (Å²) in [5.41, 5.74) is 0.705. The number of nitrogens with zero attached hydrogens (tertiary/aromatic N) is 1. The number of halogens is 1. The molecule has 114 valence electrons. The van der Waals surface area contributed by atoms with E-state index in [4.69, 9.17) is 25.8 Å². The highest BCUT2D eigenvalue weighted by Crippen LogP contribution is 2.31. The van der Waals surface area contributed by atoms with Crippen molar-refractivity contribution in [3.8, 4) is 11.5 Å². The molecular formula is C15H18ClNO4. The summed E-state index contributed by atoms with van der Waals surface area (Å²) in [5, 5.41) is 0.368. The number of morpholine rings is 1. The molecule has 2 rings (SSSR count). The Kier molecular flexibility index (Phi) is 5.47. The Balaban J connectivity index is 2.16. The molecule has 0 atom stereocenters. The molecule has 0 N–H and O–H groups in total. The number of carbonyl (C=O) groups is 1. The van der Waals surface area contributed by atoms with E-state index in [0.29, 0.717) is 48.4 Å². The summed E-state index contributed by atoms with van der Waals surface area (Å²) in [7, 11) is 3.12. The zero-order valence-electron chi connectivity index (χ0n) is 12.1. The smallest absolute Gasteiger partial charge is 0.248 e. The first kappa shape index (κ1) is 15.7. The molecule has 0 spiro atoms. The summed E-state index contributed by atoms with van der Waals surface area (Å²) in [6.45, 7) is 2.30. The molecule has 1 aromatic rings. The molecule has 1 heterocycles. The highest BCUT2D eigenvalue weighted by atomic mass is 35.5. The highest BCUT2D eigenvalue weighted by Gasteiger charge is 2.16. The Morgan fingerprint density at radius 2 is 1.90 bits per heavy atom.